The Labute approximate surface area is 231 Å². The number of nitrogens with zero attached hydrogens (tertiary/aromatic N) is 1. The van der Waals surface area contributed by atoms with E-state index in [9.17, 15) is 19.5 Å². The molecule has 3 aromatic rings. The lowest BCUT2D eigenvalue weighted by Crippen LogP contribution is -2.58. The number of nitrogens with one attached hydrogen (secondary N) is 3. The highest BCUT2D eigenvalue weighted by atomic mass is 16.5. The van der Waals surface area contributed by atoms with Crippen LogP contribution in [-0.2, 0) is 25.5 Å². The van der Waals surface area contributed by atoms with Gasteiger partial charge in [0.1, 0.15) is 23.6 Å². The van der Waals surface area contributed by atoms with E-state index in [0.717, 1.165) is 5.56 Å². The molecule has 0 saturated carbocycles. The topological polar surface area (TPSA) is 149 Å². The summed E-state index contributed by atoms with van der Waals surface area (Å²) < 4.78 is 11.1. The maximum atomic E-state index is 13.5. The van der Waals surface area contributed by atoms with Crippen LogP contribution in [0.1, 0.15) is 5.56 Å². The number of para-hydroxylation sites is 1. The van der Waals surface area contributed by atoms with E-state index in [1.807, 2.05) is 48.5 Å². The first-order valence-electron chi connectivity index (χ1n) is 12.9. The molecule has 5 N–H and O–H groups in total. The fraction of sp³-hybridized carbons (Fsp3) is 0.276. The van der Waals surface area contributed by atoms with Crippen molar-refractivity contribution in [2.45, 2.75) is 24.6 Å². The van der Waals surface area contributed by atoms with E-state index in [-0.39, 0.29) is 12.3 Å². The van der Waals surface area contributed by atoms with Crippen molar-refractivity contribution in [3.63, 3.8) is 0 Å². The molecule has 1 aliphatic rings. The number of carbonyl (C=O) groups excluding carboxylic acids is 3. The lowest BCUT2D eigenvalue weighted by Gasteiger charge is -2.32. The Balaban J connectivity index is 1.52. The lowest BCUT2D eigenvalue weighted by molar-refractivity contribution is -0.143. The number of rotatable bonds is 11. The van der Waals surface area contributed by atoms with Gasteiger partial charge in [0.2, 0.25) is 11.8 Å². The van der Waals surface area contributed by atoms with E-state index in [4.69, 9.17) is 14.7 Å². The minimum absolute atomic E-state index is 0.198. The Morgan fingerprint density at radius 3 is 2.08 bits per heavy atom. The quantitative estimate of drug-likeness (QED) is 0.180. The average Bonchev–Trinajstić information content (AvgIpc) is 3.00. The van der Waals surface area contributed by atoms with Gasteiger partial charge in [0.25, 0.3) is 5.91 Å². The molecule has 4 rings (SSSR count). The van der Waals surface area contributed by atoms with Gasteiger partial charge in [0, 0.05) is 25.2 Å². The summed E-state index contributed by atoms with van der Waals surface area (Å²) in [5, 5.41) is 25.3. The minimum Gasteiger partial charge on any atom is -0.457 e. The van der Waals surface area contributed by atoms with Crippen molar-refractivity contribution in [2.75, 3.05) is 31.6 Å². The number of hydroxylamine groups is 1. The monoisotopic (exact) mass is 548 g/mol. The van der Waals surface area contributed by atoms with E-state index in [1.165, 1.54) is 5.48 Å². The SMILES string of the molecule is O=C(NO)C(O)C(Nc1ccc(Oc2ccccc2)cc1)C(=O)NC(Cc1ccccc1)C(=O)N1CCOCC1. The molecule has 11 heteroatoms. The van der Waals surface area contributed by atoms with Crippen molar-refractivity contribution >= 4 is 23.4 Å². The third-order valence-electron chi connectivity index (χ3n) is 6.35. The van der Waals surface area contributed by atoms with Gasteiger partial charge in [0.15, 0.2) is 6.10 Å². The van der Waals surface area contributed by atoms with Crippen LogP contribution >= 0.6 is 0 Å². The summed E-state index contributed by atoms with van der Waals surface area (Å²) in [6, 6.07) is 22.4. The molecule has 0 aromatic heterocycles. The lowest BCUT2D eigenvalue weighted by atomic mass is 10.0. The normalized spacial score (nSPS) is 15.3. The third kappa shape index (κ3) is 7.79. The predicted molar refractivity (Wildman–Crippen MR) is 146 cm³/mol. The Bertz CT molecular complexity index is 1250. The highest BCUT2D eigenvalue weighted by Gasteiger charge is 2.36. The number of ether oxygens (including phenoxy) is 2. The maximum absolute atomic E-state index is 13.5. The van der Waals surface area contributed by atoms with E-state index in [2.05, 4.69) is 10.6 Å². The Morgan fingerprint density at radius 2 is 1.45 bits per heavy atom. The van der Waals surface area contributed by atoms with Crippen molar-refractivity contribution in [1.29, 1.82) is 0 Å². The zero-order chi connectivity index (χ0) is 28.3. The van der Waals surface area contributed by atoms with Gasteiger partial charge in [-0.05, 0) is 42.0 Å². The van der Waals surface area contributed by atoms with Crippen LogP contribution in [0.25, 0.3) is 0 Å². The van der Waals surface area contributed by atoms with Gasteiger partial charge < -0.3 is 30.1 Å². The first-order valence-corrected chi connectivity index (χ1v) is 12.9. The van der Waals surface area contributed by atoms with E-state index in [0.29, 0.717) is 43.5 Å². The zero-order valence-corrected chi connectivity index (χ0v) is 21.7. The number of morpholine rings is 1. The second-order valence-corrected chi connectivity index (χ2v) is 9.17. The number of aliphatic hydroxyl groups excluding tert-OH is 1. The van der Waals surface area contributed by atoms with Gasteiger partial charge >= 0.3 is 0 Å². The van der Waals surface area contributed by atoms with Gasteiger partial charge in [-0.3, -0.25) is 19.6 Å². The molecule has 0 aliphatic carbocycles. The largest absolute Gasteiger partial charge is 0.457 e. The molecule has 3 aromatic carbocycles. The summed E-state index contributed by atoms with van der Waals surface area (Å²) in [5.74, 6) is -1.11. The first kappa shape index (κ1) is 28.6. The second kappa shape index (κ2) is 14.1. The molecule has 3 atom stereocenters. The molecule has 0 spiro atoms. The highest BCUT2D eigenvalue weighted by molar-refractivity contribution is 5.96. The van der Waals surface area contributed by atoms with E-state index >= 15 is 0 Å². The number of amides is 3. The number of carbonyl (C=O) groups is 3. The summed E-state index contributed by atoms with van der Waals surface area (Å²) in [5.41, 5.74) is 2.59. The first-order chi connectivity index (χ1) is 19.4. The molecule has 1 saturated heterocycles. The Kier molecular flexibility index (Phi) is 10.1. The van der Waals surface area contributed by atoms with Crippen LogP contribution in [0.2, 0.25) is 0 Å². The van der Waals surface area contributed by atoms with E-state index in [1.54, 1.807) is 41.3 Å². The van der Waals surface area contributed by atoms with Gasteiger partial charge in [-0.25, -0.2) is 5.48 Å². The maximum Gasteiger partial charge on any atom is 0.274 e. The standard InChI is InChI=1S/C29H32N4O7/c34-26(28(36)32-38)25(30-21-11-13-23(14-12-21)40-22-9-5-2-6-10-22)27(35)31-24(19-20-7-3-1-4-8-20)29(37)33-15-17-39-18-16-33/h1-14,24-26,30,34,38H,15-19H2,(H,31,35)(H,32,36). The summed E-state index contributed by atoms with van der Waals surface area (Å²) >= 11 is 0. The molecule has 210 valence electrons. The van der Waals surface area contributed by atoms with Crippen LogP contribution in [0.4, 0.5) is 5.69 Å². The Morgan fingerprint density at radius 1 is 0.850 bits per heavy atom. The number of hydrogen-bond acceptors (Lipinski definition) is 8. The number of anilines is 1. The van der Waals surface area contributed by atoms with Crippen molar-refractivity contribution in [1.82, 2.24) is 15.7 Å². The number of hydrogen-bond donors (Lipinski definition) is 5. The number of aliphatic hydroxyl groups is 1. The minimum atomic E-state index is -1.97. The molecule has 11 nitrogen and oxygen atoms in total. The molecule has 0 bridgehead atoms. The molecule has 1 fully saturated rings. The average molecular weight is 549 g/mol. The van der Waals surface area contributed by atoms with Crippen molar-refractivity contribution in [2.24, 2.45) is 0 Å². The molecule has 40 heavy (non-hydrogen) atoms. The second-order valence-electron chi connectivity index (χ2n) is 9.17. The van der Waals surface area contributed by atoms with Gasteiger partial charge in [0.05, 0.1) is 13.2 Å². The van der Waals surface area contributed by atoms with Crippen molar-refractivity contribution < 1.29 is 34.2 Å². The molecule has 3 amide bonds. The van der Waals surface area contributed by atoms with Crippen LogP contribution < -0.4 is 20.9 Å². The summed E-state index contributed by atoms with van der Waals surface area (Å²) in [7, 11) is 0. The Hall–Kier alpha value is -4.45. The molecule has 3 unspecified atom stereocenters. The summed E-state index contributed by atoms with van der Waals surface area (Å²) in [6.07, 6.45) is -1.77. The predicted octanol–water partition coefficient (Wildman–Crippen LogP) is 1.71. The zero-order valence-electron chi connectivity index (χ0n) is 21.7. The van der Waals surface area contributed by atoms with Gasteiger partial charge in [-0.2, -0.15) is 0 Å². The summed E-state index contributed by atoms with van der Waals surface area (Å²) in [4.78, 5) is 40.6. The van der Waals surface area contributed by atoms with Crippen LogP contribution in [-0.4, -0.2) is 77.4 Å². The summed E-state index contributed by atoms with van der Waals surface area (Å²) in [6.45, 7) is 1.55. The number of benzene rings is 3. The van der Waals surface area contributed by atoms with Crippen LogP contribution in [0, 0.1) is 0 Å². The molecule has 1 heterocycles. The fourth-order valence-electron chi connectivity index (χ4n) is 4.24. The fourth-order valence-corrected chi connectivity index (χ4v) is 4.24. The third-order valence-corrected chi connectivity index (χ3v) is 6.35. The van der Waals surface area contributed by atoms with E-state index < -0.39 is 30.0 Å². The van der Waals surface area contributed by atoms with Gasteiger partial charge in [-0.15, -0.1) is 0 Å². The molecular weight excluding hydrogens is 516 g/mol. The van der Waals surface area contributed by atoms with Gasteiger partial charge in [-0.1, -0.05) is 48.5 Å². The molecular formula is C29H32N4O7. The smallest absolute Gasteiger partial charge is 0.274 e. The van der Waals surface area contributed by atoms with Crippen LogP contribution in [0.5, 0.6) is 11.5 Å². The van der Waals surface area contributed by atoms with Crippen LogP contribution in [0.3, 0.4) is 0 Å². The van der Waals surface area contributed by atoms with Crippen LogP contribution in [0.15, 0.2) is 84.9 Å². The highest BCUT2D eigenvalue weighted by Crippen LogP contribution is 2.23. The van der Waals surface area contributed by atoms with Crippen molar-refractivity contribution in [3.05, 3.63) is 90.5 Å². The molecule has 0 radical (unpaired) electrons. The molecule has 1 aliphatic heterocycles. The van der Waals surface area contributed by atoms with Crippen molar-refractivity contribution in [3.8, 4) is 11.5 Å².